The molecule has 0 saturated heterocycles. The van der Waals surface area contributed by atoms with E-state index in [0.29, 0.717) is 17.5 Å². The van der Waals surface area contributed by atoms with E-state index in [2.05, 4.69) is 20.3 Å². The highest BCUT2D eigenvalue weighted by molar-refractivity contribution is 6.31. The standard InChI is InChI=1S/C16H15ClN4O/c1-11(9-22-16-13(17)6-4-8-18-16)21-15-12-5-2-3-7-14(12)19-10-20-15/h2-8,10-11H,9H2,1H3,(H,19,20,21). The van der Waals surface area contributed by atoms with Gasteiger partial charge in [-0.3, -0.25) is 0 Å². The Morgan fingerprint density at radius 3 is 2.86 bits per heavy atom. The predicted molar refractivity (Wildman–Crippen MR) is 87.4 cm³/mol. The predicted octanol–water partition coefficient (Wildman–Crippen LogP) is 3.56. The lowest BCUT2D eigenvalue weighted by Crippen LogP contribution is -2.24. The number of halogens is 1. The molecule has 6 heteroatoms. The number of rotatable bonds is 5. The van der Waals surface area contributed by atoms with E-state index in [1.165, 1.54) is 0 Å². The van der Waals surface area contributed by atoms with Crippen molar-refractivity contribution in [1.82, 2.24) is 15.0 Å². The van der Waals surface area contributed by atoms with E-state index in [-0.39, 0.29) is 6.04 Å². The lowest BCUT2D eigenvalue weighted by molar-refractivity contribution is 0.292. The average molecular weight is 315 g/mol. The maximum atomic E-state index is 6.02. The third-order valence-electron chi connectivity index (χ3n) is 3.12. The molecule has 0 saturated carbocycles. The summed E-state index contributed by atoms with van der Waals surface area (Å²) in [6, 6.07) is 11.4. The van der Waals surface area contributed by atoms with Crippen molar-refractivity contribution in [3.63, 3.8) is 0 Å². The number of anilines is 1. The van der Waals surface area contributed by atoms with Crippen molar-refractivity contribution in [3.05, 3.63) is 53.9 Å². The zero-order valence-electron chi connectivity index (χ0n) is 12.0. The van der Waals surface area contributed by atoms with Gasteiger partial charge in [0.15, 0.2) is 0 Å². The molecule has 0 aliphatic carbocycles. The molecule has 0 aliphatic rings. The summed E-state index contributed by atoms with van der Waals surface area (Å²) >= 11 is 6.02. The van der Waals surface area contributed by atoms with Crippen LogP contribution in [0.25, 0.3) is 10.9 Å². The molecule has 2 aromatic heterocycles. The van der Waals surface area contributed by atoms with Crippen molar-refractivity contribution in [1.29, 1.82) is 0 Å². The molecule has 3 aromatic rings. The summed E-state index contributed by atoms with van der Waals surface area (Å²) in [5.74, 6) is 1.22. The van der Waals surface area contributed by atoms with Gasteiger partial charge in [-0.1, -0.05) is 23.7 Å². The van der Waals surface area contributed by atoms with Gasteiger partial charge in [0.2, 0.25) is 5.88 Å². The molecule has 0 fully saturated rings. The number of aromatic nitrogens is 3. The van der Waals surface area contributed by atoms with Crippen LogP contribution in [0.2, 0.25) is 5.02 Å². The quantitative estimate of drug-likeness (QED) is 0.780. The first-order valence-electron chi connectivity index (χ1n) is 6.93. The number of fused-ring (bicyclic) bond motifs is 1. The van der Waals surface area contributed by atoms with Crippen molar-refractivity contribution in [2.24, 2.45) is 0 Å². The second kappa shape index (κ2) is 6.58. The van der Waals surface area contributed by atoms with E-state index in [1.54, 1.807) is 24.7 Å². The van der Waals surface area contributed by atoms with Gasteiger partial charge < -0.3 is 10.1 Å². The smallest absolute Gasteiger partial charge is 0.232 e. The summed E-state index contributed by atoms with van der Waals surface area (Å²) in [7, 11) is 0. The van der Waals surface area contributed by atoms with E-state index in [1.807, 2.05) is 31.2 Å². The third kappa shape index (κ3) is 3.26. The minimum atomic E-state index is 0.0383. The van der Waals surface area contributed by atoms with Crippen LogP contribution in [-0.2, 0) is 0 Å². The number of hydrogen-bond donors (Lipinski definition) is 1. The minimum Gasteiger partial charge on any atom is -0.474 e. The molecule has 3 rings (SSSR count). The number of ether oxygens (including phenoxy) is 1. The monoisotopic (exact) mass is 314 g/mol. The molecule has 1 N–H and O–H groups in total. The molecular weight excluding hydrogens is 300 g/mol. The molecule has 1 aromatic carbocycles. The van der Waals surface area contributed by atoms with Crippen molar-refractivity contribution < 1.29 is 4.74 Å². The van der Waals surface area contributed by atoms with E-state index >= 15 is 0 Å². The average Bonchev–Trinajstić information content (AvgIpc) is 2.54. The van der Waals surface area contributed by atoms with Gasteiger partial charge in [-0.2, -0.15) is 0 Å². The molecule has 22 heavy (non-hydrogen) atoms. The molecule has 0 spiro atoms. The highest BCUT2D eigenvalue weighted by atomic mass is 35.5. The van der Waals surface area contributed by atoms with Crippen LogP contribution in [-0.4, -0.2) is 27.6 Å². The Bertz CT molecular complexity index is 775. The largest absolute Gasteiger partial charge is 0.474 e. The number of nitrogens with one attached hydrogen (secondary N) is 1. The van der Waals surface area contributed by atoms with Gasteiger partial charge in [-0.05, 0) is 31.2 Å². The van der Waals surface area contributed by atoms with Gasteiger partial charge in [-0.15, -0.1) is 0 Å². The first-order chi connectivity index (χ1) is 10.7. The number of hydrogen-bond acceptors (Lipinski definition) is 5. The third-order valence-corrected chi connectivity index (χ3v) is 3.41. The molecule has 0 radical (unpaired) electrons. The number of nitrogens with zero attached hydrogens (tertiary/aromatic N) is 3. The normalized spacial score (nSPS) is 12.1. The zero-order valence-corrected chi connectivity index (χ0v) is 12.8. The summed E-state index contributed by atoms with van der Waals surface area (Å²) < 4.78 is 5.63. The fraction of sp³-hybridized carbons (Fsp3) is 0.188. The van der Waals surface area contributed by atoms with Gasteiger partial charge in [0, 0.05) is 11.6 Å². The van der Waals surface area contributed by atoms with Crippen LogP contribution in [0.4, 0.5) is 5.82 Å². The lowest BCUT2D eigenvalue weighted by Gasteiger charge is -2.16. The zero-order chi connectivity index (χ0) is 15.4. The van der Waals surface area contributed by atoms with E-state index < -0.39 is 0 Å². The Labute approximate surface area is 133 Å². The lowest BCUT2D eigenvalue weighted by atomic mass is 10.2. The SMILES string of the molecule is CC(COc1ncccc1Cl)Nc1ncnc2ccccc12. The van der Waals surface area contributed by atoms with Gasteiger partial charge in [0.25, 0.3) is 0 Å². The molecule has 0 amide bonds. The highest BCUT2D eigenvalue weighted by Crippen LogP contribution is 2.21. The van der Waals surface area contributed by atoms with Crippen molar-refractivity contribution in [2.45, 2.75) is 13.0 Å². The Morgan fingerprint density at radius 1 is 1.14 bits per heavy atom. The summed E-state index contributed by atoms with van der Waals surface area (Å²) in [5, 5.41) is 4.81. The molecule has 0 aliphatic heterocycles. The summed E-state index contributed by atoms with van der Waals surface area (Å²) in [6.45, 7) is 2.43. The Morgan fingerprint density at radius 2 is 2.00 bits per heavy atom. The summed E-state index contributed by atoms with van der Waals surface area (Å²) in [6.07, 6.45) is 3.20. The molecule has 5 nitrogen and oxygen atoms in total. The van der Waals surface area contributed by atoms with Crippen LogP contribution in [0.3, 0.4) is 0 Å². The summed E-state index contributed by atoms with van der Waals surface area (Å²) in [5.41, 5.74) is 0.904. The fourth-order valence-corrected chi connectivity index (χ4v) is 2.25. The minimum absolute atomic E-state index is 0.0383. The molecule has 1 unspecified atom stereocenters. The van der Waals surface area contributed by atoms with Crippen LogP contribution >= 0.6 is 11.6 Å². The van der Waals surface area contributed by atoms with Crippen LogP contribution in [0.15, 0.2) is 48.9 Å². The molecule has 0 bridgehead atoms. The highest BCUT2D eigenvalue weighted by Gasteiger charge is 2.09. The molecular formula is C16H15ClN4O. The van der Waals surface area contributed by atoms with Gasteiger partial charge >= 0.3 is 0 Å². The Hall–Kier alpha value is -2.40. The molecule has 1 atom stereocenters. The first-order valence-corrected chi connectivity index (χ1v) is 7.31. The Kier molecular flexibility index (Phi) is 4.34. The van der Waals surface area contributed by atoms with Crippen molar-refractivity contribution in [3.8, 4) is 5.88 Å². The number of para-hydroxylation sites is 1. The van der Waals surface area contributed by atoms with E-state index in [0.717, 1.165) is 16.7 Å². The van der Waals surface area contributed by atoms with Crippen LogP contribution in [0.1, 0.15) is 6.92 Å². The van der Waals surface area contributed by atoms with Crippen LogP contribution in [0.5, 0.6) is 5.88 Å². The molecule has 112 valence electrons. The van der Waals surface area contributed by atoms with E-state index in [9.17, 15) is 0 Å². The van der Waals surface area contributed by atoms with Gasteiger partial charge in [-0.25, -0.2) is 15.0 Å². The second-order valence-corrected chi connectivity index (χ2v) is 5.29. The maximum absolute atomic E-state index is 6.02. The van der Waals surface area contributed by atoms with Gasteiger partial charge in [0.05, 0.1) is 11.6 Å². The number of benzene rings is 1. The number of pyridine rings is 1. The fourth-order valence-electron chi connectivity index (χ4n) is 2.08. The van der Waals surface area contributed by atoms with Crippen molar-refractivity contribution >= 4 is 28.3 Å². The van der Waals surface area contributed by atoms with Crippen LogP contribution in [0, 0.1) is 0 Å². The van der Waals surface area contributed by atoms with E-state index in [4.69, 9.17) is 16.3 Å². The molecule has 2 heterocycles. The Balaban J connectivity index is 1.68. The summed E-state index contributed by atoms with van der Waals surface area (Å²) in [4.78, 5) is 12.6. The maximum Gasteiger partial charge on any atom is 0.232 e. The first kappa shape index (κ1) is 14.5. The second-order valence-electron chi connectivity index (χ2n) is 4.89. The van der Waals surface area contributed by atoms with Crippen LogP contribution < -0.4 is 10.1 Å². The van der Waals surface area contributed by atoms with Gasteiger partial charge in [0.1, 0.15) is 23.8 Å². The topological polar surface area (TPSA) is 59.9 Å². The van der Waals surface area contributed by atoms with Crippen molar-refractivity contribution in [2.75, 3.05) is 11.9 Å².